The first-order chi connectivity index (χ1) is 13.5. The summed E-state index contributed by atoms with van der Waals surface area (Å²) in [5.41, 5.74) is 6.14. The van der Waals surface area contributed by atoms with Crippen molar-refractivity contribution >= 4 is 29.1 Å². The minimum Gasteiger partial charge on any atom is -0.497 e. The van der Waals surface area contributed by atoms with Crippen LogP contribution >= 0.6 is 12.2 Å². The highest BCUT2D eigenvalue weighted by Gasteiger charge is 2.09. The van der Waals surface area contributed by atoms with Crippen LogP contribution in [0.1, 0.15) is 15.9 Å². The minimum atomic E-state index is -0.401. The van der Waals surface area contributed by atoms with Gasteiger partial charge in [0.1, 0.15) is 18.1 Å². The summed E-state index contributed by atoms with van der Waals surface area (Å²) in [5.74, 6) is 0.637. The van der Waals surface area contributed by atoms with Crippen LogP contribution in [0.25, 0.3) is 0 Å². The standard InChI is InChI=1S/C20H21N3O4S/c1-3-12-27-17-10-6-15(7-11-17)19(25)22-23-20(28)21-18(24)13-14-4-8-16(26-2)9-5-14/h3-11H,1,12-13H2,2H3,(H,22,25)(H2,21,23,24,28). The van der Waals surface area contributed by atoms with Gasteiger partial charge < -0.3 is 14.8 Å². The Balaban J connectivity index is 1.76. The van der Waals surface area contributed by atoms with Crippen molar-refractivity contribution in [2.24, 2.45) is 0 Å². The third-order valence-electron chi connectivity index (χ3n) is 3.55. The summed E-state index contributed by atoms with van der Waals surface area (Å²) in [6.45, 7) is 3.96. The maximum atomic E-state index is 12.1. The Morgan fingerprint density at radius 1 is 1.04 bits per heavy atom. The summed E-state index contributed by atoms with van der Waals surface area (Å²) in [4.78, 5) is 24.1. The molecule has 0 spiro atoms. The largest absolute Gasteiger partial charge is 0.497 e. The van der Waals surface area contributed by atoms with Crippen molar-refractivity contribution in [1.29, 1.82) is 0 Å². The number of benzene rings is 2. The van der Waals surface area contributed by atoms with Crippen molar-refractivity contribution in [1.82, 2.24) is 16.2 Å². The van der Waals surface area contributed by atoms with Gasteiger partial charge in [0.2, 0.25) is 5.91 Å². The van der Waals surface area contributed by atoms with Crippen LogP contribution in [-0.4, -0.2) is 30.6 Å². The lowest BCUT2D eigenvalue weighted by Gasteiger charge is -2.11. The van der Waals surface area contributed by atoms with Crippen LogP contribution in [0.4, 0.5) is 0 Å². The number of rotatable bonds is 7. The average molecular weight is 399 g/mol. The van der Waals surface area contributed by atoms with Crippen molar-refractivity contribution in [3.8, 4) is 11.5 Å². The first kappa shape index (κ1) is 20.9. The summed E-state index contributed by atoms with van der Waals surface area (Å²) in [6.07, 6.45) is 1.78. The van der Waals surface area contributed by atoms with Crippen molar-refractivity contribution in [3.63, 3.8) is 0 Å². The van der Waals surface area contributed by atoms with Crippen molar-refractivity contribution in [2.75, 3.05) is 13.7 Å². The molecular formula is C20H21N3O4S. The molecule has 0 aliphatic rings. The van der Waals surface area contributed by atoms with E-state index in [1.54, 1.807) is 61.7 Å². The third kappa shape index (κ3) is 6.73. The van der Waals surface area contributed by atoms with E-state index in [0.717, 1.165) is 5.56 Å². The Hall–Kier alpha value is -3.39. The average Bonchev–Trinajstić information content (AvgIpc) is 2.71. The first-order valence-corrected chi connectivity index (χ1v) is 8.79. The number of nitrogens with one attached hydrogen (secondary N) is 3. The number of thiocarbonyl (C=S) groups is 1. The van der Waals surface area contributed by atoms with E-state index < -0.39 is 5.91 Å². The molecule has 3 N–H and O–H groups in total. The van der Waals surface area contributed by atoms with Gasteiger partial charge in [-0.1, -0.05) is 24.8 Å². The molecule has 146 valence electrons. The number of hydrazine groups is 1. The Labute approximate surface area is 168 Å². The third-order valence-corrected chi connectivity index (χ3v) is 3.75. The molecule has 2 aromatic rings. The zero-order valence-electron chi connectivity index (χ0n) is 15.4. The Bertz CT molecular complexity index is 836. The number of carbonyl (C=O) groups excluding carboxylic acids is 2. The van der Waals surface area contributed by atoms with E-state index in [4.69, 9.17) is 21.7 Å². The maximum Gasteiger partial charge on any atom is 0.269 e. The van der Waals surface area contributed by atoms with E-state index in [1.807, 2.05) is 0 Å². The number of methoxy groups -OCH3 is 1. The molecule has 2 amide bonds. The molecule has 0 unspecified atom stereocenters. The van der Waals surface area contributed by atoms with Crippen LogP contribution in [-0.2, 0) is 11.2 Å². The summed E-state index contributed by atoms with van der Waals surface area (Å²) in [6, 6.07) is 13.7. The Morgan fingerprint density at radius 3 is 2.29 bits per heavy atom. The van der Waals surface area contributed by atoms with Gasteiger partial charge in [-0.3, -0.25) is 20.4 Å². The zero-order valence-corrected chi connectivity index (χ0v) is 16.2. The predicted octanol–water partition coefficient (Wildman–Crippen LogP) is 2.14. The second kappa shape index (κ2) is 10.7. The molecule has 0 aromatic heterocycles. The van der Waals surface area contributed by atoms with Gasteiger partial charge in [0.05, 0.1) is 13.5 Å². The van der Waals surface area contributed by atoms with Crippen LogP contribution in [0.15, 0.2) is 61.2 Å². The van der Waals surface area contributed by atoms with Crippen LogP contribution in [0.5, 0.6) is 11.5 Å². The van der Waals surface area contributed by atoms with Gasteiger partial charge in [-0.25, -0.2) is 0 Å². The first-order valence-electron chi connectivity index (χ1n) is 8.38. The van der Waals surface area contributed by atoms with Gasteiger partial charge in [0.25, 0.3) is 5.91 Å². The molecule has 0 atom stereocenters. The van der Waals surface area contributed by atoms with E-state index in [2.05, 4.69) is 22.7 Å². The van der Waals surface area contributed by atoms with Gasteiger partial charge in [-0.2, -0.15) is 0 Å². The summed E-state index contributed by atoms with van der Waals surface area (Å²) in [5, 5.41) is 2.50. The van der Waals surface area contributed by atoms with Gasteiger partial charge >= 0.3 is 0 Å². The van der Waals surface area contributed by atoms with Gasteiger partial charge in [0.15, 0.2) is 5.11 Å². The van der Waals surface area contributed by atoms with E-state index in [1.165, 1.54) is 0 Å². The Morgan fingerprint density at radius 2 is 1.68 bits per heavy atom. The van der Waals surface area contributed by atoms with Gasteiger partial charge in [0, 0.05) is 5.56 Å². The number of carbonyl (C=O) groups is 2. The van der Waals surface area contributed by atoms with Crippen LogP contribution in [0.3, 0.4) is 0 Å². The molecule has 0 fully saturated rings. The normalized spacial score (nSPS) is 9.75. The van der Waals surface area contributed by atoms with E-state index in [-0.39, 0.29) is 17.4 Å². The lowest BCUT2D eigenvalue weighted by Crippen LogP contribution is -2.48. The lowest BCUT2D eigenvalue weighted by molar-refractivity contribution is -0.119. The van der Waals surface area contributed by atoms with Gasteiger partial charge in [-0.05, 0) is 54.2 Å². The molecule has 0 aliphatic carbocycles. The maximum absolute atomic E-state index is 12.1. The number of hydrogen-bond donors (Lipinski definition) is 3. The fourth-order valence-electron chi connectivity index (χ4n) is 2.17. The second-order valence-corrected chi connectivity index (χ2v) is 6.01. The molecule has 0 aliphatic heterocycles. The monoisotopic (exact) mass is 399 g/mol. The summed E-state index contributed by atoms with van der Waals surface area (Å²) >= 11 is 5.02. The van der Waals surface area contributed by atoms with Crippen LogP contribution < -0.4 is 25.6 Å². The van der Waals surface area contributed by atoms with E-state index in [0.29, 0.717) is 23.7 Å². The minimum absolute atomic E-state index is 0.00204. The highest BCUT2D eigenvalue weighted by molar-refractivity contribution is 7.80. The summed E-state index contributed by atoms with van der Waals surface area (Å²) < 4.78 is 10.4. The molecular weight excluding hydrogens is 378 g/mol. The molecule has 0 bridgehead atoms. The second-order valence-electron chi connectivity index (χ2n) is 5.61. The highest BCUT2D eigenvalue weighted by Crippen LogP contribution is 2.12. The number of hydrogen-bond acceptors (Lipinski definition) is 5. The topological polar surface area (TPSA) is 88.7 Å². The molecule has 8 heteroatoms. The fraction of sp³-hybridized carbons (Fsp3) is 0.150. The van der Waals surface area contributed by atoms with Gasteiger partial charge in [-0.15, -0.1) is 0 Å². The molecule has 2 aromatic carbocycles. The molecule has 2 rings (SSSR count). The van der Waals surface area contributed by atoms with Crippen LogP contribution in [0.2, 0.25) is 0 Å². The molecule has 0 saturated carbocycles. The fourth-order valence-corrected chi connectivity index (χ4v) is 2.34. The molecule has 0 radical (unpaired) electrons. The summed E-state index contributed by atoms with van der Waals surface area (Å²) in [7, 11) is 1.57. The van der Waals surface area contributed by atoms with Crippen molar-refractivity contribution in [3.05, 3.63) is 72.3 Å². The lowest BCUT2D eigenvalue weighted by atomic mass is 10.1. The SMILES string of the molecule is C=CCOc1ccc(C(=O)NNC(=S)NC(=O)Cc2ccc(OC)cc2)cc1. The molecule has 0 saturated heterocycles. The molecule has 28 heavy (non-hydrogen) atoms. The quantitative estimate of drug-likeness (QED) is 0.376. The molecule has 0 heterocycles. The number of amides is 2. The number of ether oxygens (including phenoxy) is 2. The van der Waals surface area contributed by atoms with Crippen LogP contribution in [0, 0.1) is 0 Å². The Kier molecular flexibility index (Phi) is 7.98. The highest BCUT2D eigenvalue weighted by atomic mass is 32.1. The van der Waals surface area contributed by atoms with Crippen molar-refractivity contribution < 1.29 is 19.1 Å². The van der Waals surface area contributed by atoms with E-state index >= 15 is 0 Å². The van der Waals surface area contributed by atoms with E-state index in [9.17, 15) is 9.59 Å². The smallest absolute Gasteiger partial charge is 0.269 e. The predicted molar refractivity (Wildman–Crippen MR) is 110 cm³/mol. The molecule has 7 nitrogen and oxygen atoms in total. The zero-order chi connectivity index (χ0) is 20.4. The van der Waals surface area contributed by atoms with Crippen molar-refractivity contribution in [2.45, 2.75) is 6.42 Å².